The van der Waals surface area contributed by atoms with Gasteiger partial charge in [0.1, 0.15) is 96.7 Å². The molecule has 1 saturated heterocycles. The molecule has 1 aliphatic heterocycles. The summed E-state index contributed by atoms with van der Waals surface area (Å²) in [7, 11) is 0. The van der Waals surface area contributed by atoms with Crippen LogP contribution in [0.2, 0.25) is 0 Å². The molecular weight excluding hydrogens is 1850 g/mol. The topological polar surface area (TPSA) is 857 Å². The van der Waals surface area contributed by atoms with Crippen LogP contribution in [-0.4, -0.2) is 312 Å². The molecule has 1 aliphatic rings. The van der Waals surface area contributed by atoms with Crippen LogP contribution in [0, 0.1) is 52.2 Å². The highest BCUT2D eigenvalue weighted by Crippen LogP contribution is 2.23. The van der Waals surface area contributed by atoms with Crippen LogP contribution in [0.4, 0.5) is 0 Å². The molecule has 0 saturated carbocycles. The minimum atomic E-state index is -2.02. The number of carbonyl (C=O) groups is 20. The number of nitrogens with two attached hydrogens (primary N) is 5. The van der Waals surface area contributed by atoms with E-state index in [1.165, 1.54) is 31.3 Å². The van der Waals surface area contributed by atoms with Crippen molar-refractivity contribution in [1.29, 1.82) is 10.8 Å². The van der Waals surface area contributed by atoms with Gasteiger partial charge < -0.3 is 154 Å². The number of aromatic amines is 1. The smallest absolute Gasteiger partial charge is 0.326 e. The van der Waals surface area contributed by atoms with E-state index in [4.69, 9.17) is 39.5 Å². The molecule has 35 N–H and O–H groups in total. The predicted octanol–water partition coefficient (Wildman–Crippen LogP) is -6.59. The maximum atomic E-state index is 15.1. The molecule has 52 nitrogen and oxygen atoms in total. The Kier molecular flexibility index (Phi) is 55.4. The minimum absolute atomic E-state index is 0.0175. The van der Waals surface area contributed by atoms with Crippen LogP contribution in [-0.2, 0) is 102 Å². The van der Waals surface area contributed by atoms with Crippen LogP contribution in [0.5, 0.6) is 0 Å². The highest BCUT2D eigenvalue weighted by atomic mass is 16.4. The summed E-state index contributed by atoms with van der Waals surface area (Å²) in [5, 5.41) is 109. The molecule has 19 atom stereocenters. The quantitative estimate of drug-likeness (QED) is 0.0164. The lowest BCUT2D eigenvalue weighted by Crippen LogP contribution is -2.63. The zero-order valence-electron chi connectivity index (χ0n) is 83.2. The van der Waals surface area contributed by atoms with Gasteiger partial charge in [0.15, 0.2) is 11.9 Å². The summed E-state index contributed by atoms with van der Waals surface area (Å²) in [6.07, 6.45) is -1.95. The summed E-state index contributed by atoms with van der Waals surface area (Å²) in [4.78, 5) is 285. The molecule has 141 heavy (non-hydrogen) atoms. The molecule has 1 fully saturated rings. The summed E-state index contributed by atoms with van der Waals surface area (Å²) in [6.45, 7) is 23.1. The van der Waals surface area contributed by atoms with E-state index < -0.39 is 295 Å². The van der Waals surface area contributed by atoms with E-state index >= 15 is 4.79 Å². The largest absolute Gasteiger partial charge is 0.481 e. The number of carbonyl (C=O) groups excluding carboxylic acids is 17. The lowest BCUT2D eigenvalue weighted by Gasteiger charge is -2.32. The second kappa shape index (κ2) is 62.9. The molecule has 1 aromatic rings. The molecule has 2 heterocycles. The van der Waals surface area contributed by atoms with Crippen molar-refractivity contribution >= 4 is 130 Å². The number of likely N-dealkylation sites (tertiary alicyclic amines) is 1. The fraction of sp³-hybridized carbons (Fsp3) is 0.719. The average Bonchev–Trinajstić information content (AvgIpc) is 1.68. The molecule has 0 radical (unpaired) electrons. The van der Waals surface area contributed by atoms with Crippen molar-refractivity contribution in [1.82, 2.24) is 105 Å². The number of imidazole rings is 1. The van der Waals surface area contributed by atoms with Gasteiger partial charge in [-0.25, -0.2) is 9.78 Å². The Labute approximate surface area is 820 Å². The van der Waals surface area contributed by atoms with Crippen molar-refractivity contribution in [2.75, 3.05) is 32.8 Å². The van der Waals surface area contributed by atoms with Gasteiger partial charge in [-0.1, -0.05) is 103 Å². The Morgan fingerprint density at radius 2 is 0.801 bits per heavy atom. The van der Waals surface area contributed by atoms with Gasteiger partial charge in [0.2, 0.25) is 100 Å². The van der Waals surface area contributed by atoms with Gasteiger partial charge in [-0.15, -0.1) is 0 Å². The SMILES string of the molecule is CC[C@H](C)[C@H](N)C(=O)N[C@@H](CCC(N)=O)C(=O)N[C@@H](CCCCN)C(=O)N[C@@H](CCC(=O)O)C(=O)N[C@@H](CO)C(=O)N[C@H](C(=O)N[C@@H](CC(C)C)C(=O)N[C@@H](Cc1c[nH]cn1)C(=O)N[C@@H](CC(C)C)C(=O)N[C@H](C(=O)N[C@@H](CC(C)C)C(=O)N[C@@H](CCCNC(=N)N)C(=O)N1CCC[C@H]1C(=O)N[C@@H](CCCNC(=N)N)C(=O)N[C@H](C(=O)N[C@H](C(=O)N[C@@H](CC(=O)O)C(=O)O)C(C)C)C(C)C)C(C)C)[C@@H](C)O. The summed E-state index contributed by atoms with van der Waals surface area (Å²) < 4.78 is 0. The van der Waals surface area contributed by atoms with E-state index in [2.05, 4.69) is 100 Å². The third kappa shape index (κ3) is 45.4. The van der Waals surface area contributed by atoms with Crippen molar-refractivity contribution in [2.24, 2.45) is 70.1 Å². The third-order valence-corrected chi connectivity index (χ3v) is 23.0. The van der Waals surface area contributed by atoms with Crippen LogP contribution in [0.3, 0.4) is 0 Å². The van der Waals surface area contributed by atoms with Gasteiger partial charge in [-0.05, 0) is 145 Å². The van der Waals surface area contributed by atoms with Crippen LogP contribution in [0.25, 0.3) is 0 Å². The van der Waals surface area contributed by atoms with E-state index in [0.29, 0.717) is 12.8 Å². The summed E-state index contributed by atoms with van der Waals surface area (Å²) in [5.41, 5.74) is 28.5. The maximum absolute atomic E-state index is 15.1. The number of H-pyrrole nitrogens is 1. The number of primary amides is 1. The van der Waals surface area contributed by atoms with Gasteiger partial charge in [-0.2, -0.15) is 0 Å². The standard InChI is InChI=1S/C89H155N27O25/c1-16-48(14)66(92)81(134)104-53(26-28-63(91)119)72(125)101-51(22-17-18-30-90)71(124)102-54(27-29-64(120)121)73(126)111-61(40-117)79(132)115-70(49(15)118)85(138)109-57(35-43(4)5)76(129)107-59(37-50-39-97-41-100-50)77(130)106-58(36-44(6)7)78(131)113-67(45(8)9)82(135)108-56(34-42(2)3)75(128)105-55(24-20-32-99-89(95)96)86(139)116-33-21-25-62(116)80(133)103-52(23-19-31-98-88(93)94)74(127)112-69(47(12)13)84(137)114-68(46(10)11)83(136)110-60(87(140)141)38-65(122)123/h39,41-49,51-62,66-70,117-118H,16-38,40,90,92H2,1-15H3,(H2,91,119)(H,97,100)(H,101,125)(H,102,124)(H,103,133)(H,104,134)(H,105,128)(H,106,130)(H,107,129)(H,108,135)(H,109,138)(H,110,136)(H,111,126)(H,112,127)(H,113,131)(H,114,137)(H,115,132)(H,120,121)(H,122,123)(H,140,141)(H4,93,94,98)(H4,95,96,99)/t48-,49+,51-,52-,53-,54-,55-,56-,57-,58-,59-,60-,61-,62-,66-,67-,68-,69-,70-/m0/s1. The number of carboxylic acid groups (broad SMARTS) is 3. The first kappa shape index (κ1) is 124. The van der Waals surface area contributed by atoms with Crippen LogP contribution < -0.4 is 119 Å². The van der Waals surface area contributed by atoms with Gasteiger partial charge in [-0.3, -0.25) is 102 Å². The number of hydrogen-bond acceptors (Lipinski definition) is 27. The maximum Gasteiger partial charge on any atom is 0.326 e. The number of hydrogen-bond donors (Lipinski definition) is 30. The third-order valence-electron chi connectivity index (χ3n) is 23.0. The number of guanidine groups is 2. The highest BCUT2D eigenvalue weighted by Gasteiger charge is 2.44. The predicted molar refractivity (Wildman–Crippen MR) is 511 cm³/mol. The van der Waals surface area contributed by atoms with Gasteiger partial charge in [0.05, 0.1) is 37.2 Å². The average molecular weight is 2000 g/mol. The Morgan fingerprint density at radius 3 is 1.22 bits per heavy atom. The molecular formula is C89H155N27O25. The number of amides is 17. The van der Waals surface area contributed by atoms with Gasteiger partial charge >= 0.3 is 17.9 Å². The summed E-state index contributed by atoms with van der Waals surface area (Å²) in [6, 6.07) is -26.4. The second-order valence-corrected chi connectivity index (χ2v) is 37.7. The Hall–Kier alpha value is -13.0. The Balaban J connectivity index is 2.57. The van der Waals surface area contributed by atoms with Crippen LogP contribution in [0.15, 0.2) is 12.5 Å². The van der Waals surface area contributed by atoms with E-state index in [1.807, 2.05) is 0 Å². The highest BCUT2D eigenvalue weighted by molar-refractivity contribution is 6.02. The Bertz CT molecular complexity index is 4360. The first-order chi connectivity index (χ1) is 66.0. The molecule has 796 valence electrons. The number of nitrogens with one attached hydrogen (secondary N) is 20. The van der Waals surface area contributed by atoms with Crippen molar-refractivity contribution in [3.8, 4) is 0 Å². The second-order valence-electron chi connectivity index (χ2n) is 37.7. The number of rotatable bonds is 67. The van der Waals surface area contributed by atoms with E-state index in [9.17, 15) is 117 Å². The first-order valence-corrected chi connectivity index (χ1v) is 47.7. The van der Waals surface area contributed by atoms with Crippen molar-refractivity contribution in [2.45, 2.75) is 335 Å². The molecule has 0 unspecified atom stereocenters. The molecule has 0 aliphatic carbocycles. The minimum Gasteiger partial charge on any atom is -0.481 e. The normalized spacial score (nSPS) is 16.3. The number of nitrogens with zero attached hydrogens (tertiary/aromatic N) is 2. The molecule has 2 rings (SSSR count). The molecule has 0 aromatic carbocycles. The molecule has 52 heteroatoms. The lowest BCUT2D eigenvalue weighted by molar-refractivity contribution is -0.147. The number of aromatic nitrogens is 2. The van der Waals surface area contributed by atoms with Gasteiger partial charge in [0.25, 0.3) is 0 Å². The lowest BCUT2D eigenvalue weighted by atomic mass is 9.97. The Morgan fingerprint density at radius 1 is 0.440 bits per heavy atom. The fourth-order valence-corrected chi connectivity index (χ4v) is 14.9. The number of aliphatic hydroxyl groups is 2. The molecule has 17 amide bonds. The number of aliphatic carboxylic acids is 3. The number of unbranched alkanes of at least 4 members (excludes halogenated alkanes) is 1. The zero-order chi connectivity index (χ0) is 107. The zero-order valence-corrected chi connectivity index (χ0v) is 83.2. The van der Waals surface area contributed by atoms with E-state index in [0.717, 1.165) is 6.92 Å². The molecule has 1 aromatic heterocycles. The van der Waals surface area contributed by atoms with Crippen molar-refractivity contribution in [3.05, 3.63) is 18.2 Å². The van der Waals surface area contributed by atoms with E-state index in [1.54, 1.807) is 83.1 Å². The van der Waals surface area contributed by atoms with Crippen molar-refractivity contribution < 1.29 is 121 Å². The molecule has 0 bridgehead atoms. The monoisotopic (exact) mass is 2000 g/mol. The first-order valence-electron chi connectivity index (χ1n) is 47.7. The number of aliphatic hydroxyl groups excluding tert-OH is 2. The fourth-order valence-electron chi connectivity index (χ4n) is 14.9. The summed E-state index contributed by atoms with van der Waals surface area (Å²) in [5.74, 6) is -25.7. The molecule has 0 spiro atoms. The number of carboxylic acids is 3. The van der Waals surface area contributed by atoms with E-state index in [-0.39, 0.29) is 133 Å². The van der Waals surface area contributed by atoms with Crippen LogP contribution >= 0.6 is 0 Å². The summed E-state index contributed by atoms with van der Waals surface area (Å²) >= 11 is 0. The van der Waals surface area contributed by atoms with Crippen molar-refractivity contribution in [3.63, 3.8) is 0 Å². The van der Waals surface area contributed by atoms with Gasteiger partial charge in [0, 0.05) is 45.1 Å². The van der Waals surface area contributed by atoms with Crippen LogP contribution in [0.1, 0.15) is 225 Å².